The molecule has 1 N–H and O–H groups in total. The highest BCUT2D eigenvalue weighted by Crippen LogP contribution is 2.25. The Balaban J connectivity index is 0.000000260. The second-order valence-electron chi connectivity index (χ2n) is 5.11. The van der Waals surface area contributed by atoms with E-state index in [1.54, 1.807) is 30.2 Å². The van der Waals surface area contributed by atoms with E-state index in [1.807, 2.05) is 42.7 Å². The molecule has 0 aliphatic rings. The van der Waals surface area contributed by atoms with Crippen molar-refractivity contribution < 1.29 is 0 Å². The first kappa shape index (κ1) is 21.0. The van der Waals surface area contributed by atoms with Crippen molar-refractivity contribution in [2.24, 2.45) is 0 Å². The van der Waals surface area contributed by atoms with E-state index in [2.05, 4.69) is 59.5 Å². The van der Waals surface area contributed by atoms with Crippen LogP contribution in [0, 0.1) is 26.2 Å². The fourth-order valence-electron chi connectivity index (χ4n) is 1.68. The molecule has 130 valence electrons. The first-order valence-corrected chi connectivity index (χ1v) is 9.58. The molecule has 3 aromatic rings. The molecule has 0 amide bonds. The Morgan fingerprint density at radius 3 is 2.20 bits per heavy atom. The van der Waals surface area contributed by atoms with Crippen LogP contribution in [0.5, 0.6) is 0 Å². The lowest BCUT2D eigenvalue weighted by Crippen LogP contribution is -2.02. The van der Waals surface area contributed by atoms with Crippen molar-refractivity contribution in [2.45, 2.75) is 31.5 Å². The van der Waals surface area contributed by atoms with Crippen LogP contribution >= 0.6 is 23.3 Å². The van der Waals surface area contributed by atoms with Crippen molar-refractivity contribution in [3.63, 3.8) is 0 Å². The number of aromatic nitrogens is 1. The van der Waals surface area contributed by atoms with E-state index in [-0.39, 0.29) is 0 Å². The molecule has 2 heterocycles. The molecule has 0 saturated heterocycles. The third-order valence-corrected chi connectivity index (χ3v) is 5.09. The maximum absolute atomic E-state index is 4.60. The van der Waals surface area contributed by atoms with E-state index in [9.17, 15) is 0 Å². The van der Waals surface area contributed by atoms with E-state index in [0.717, 1.165) is 6.54 Å². The summed E-state index contributed by atoms with van der Waals surface area (Å²) in [7, 11) is 0. The van der Waals surface area contributed by atoms with Crippen LogP contribution in [0.4, 0.5) is 0 Å². The summed E-state index contributed by atoms with van der Waals surface area (Å²) in [5.74, 6) is 2.25. The van der Waals surface area contributed by atoms with Gasteiger partial charge in [0.1, 0.15) is 0 Å². The minimum Gasteiger partial charge on any atom is -0.265 e. The van der Waals surface area contributed by atoms with E-state index in [1.165, 1.54) is 20.9 Å². The van der Waals surface area contributed by atoms with Crippen molar-refractivity contribution in [3.05, 3.63) is 83.0 Å². The van der Waals surface area contributed by atoms with Gasteiger partial charge in [0.15, 0.2) is 0 Å². The topological polar surface area (TPSA) is 24.9 Å². The van der Waals surface area contributed by atoms with Gasteiger partial charge >= 0.3 is 0 Å². The lowest BCUT2D eigenvalue weighted by atomic mass is 10.2. The number of terminal acetylenes is 1. The van der Waals surface area contributed by atoms with Crippen LogP contribution in [0.15, 0.2) is 70.5 Å². The molecule has 0 saturated carbocycles. The van der Waals surface area contributed by atoms with Gasteiger partial charge in [-0.2, -0.15) is 0 Å². The Hall–Kier alpha value is -2.06. The molecule has 0 radical (unpaired) electrons. The largest absolute Gasteiger partial charge is 0.265 e. The van der Waals surface area contributed by atoms with Gasteiger partial charge in [0.05, 0.1) is 4.21 Å². The van der Waals surface area contributed by atoms with Gasteiger partial charge in [-0.05, 0) is 67.4 Å². The quantitative estimate of drug-likeness (QED) is 0.459. The molecule has 2 aromatic heterocycles. The van der Waals surface area contributed by atoms with Crippen molar-refractivity contribution in [2.75, 3.05) is 0 Å². The summed E-state index contributed by atoms with van der Waals surface area (Å²) in [5.41, 5.74) is 3.92. The molecule has 1 aromatic carbocycles. The molecule has 4 heteroatoms. The fourth-order valence-corrected chi connectivity index (χ4v) is 3.47. The van der Waals surface area contributed by atoms with Crippen molar-refractivity contribution >= 4 is 23.3 Å². The average molecular weight is 369 g/mol. The first-order chi connectivity index (χ1) is 12.2. The third kappa shape index (κ3) is 9.73. The Morgan fingerprint density at radius 2 is 1.72 bits per heavy atom. The van der Waals surface area contributed by atoms with Crippen molar-refractivity contribution in [1.29, 1.82) is 0 Å². The van der Waals surface area contributed by atoms with Gasteiger partial charge in [-0.25, -0.2) is 0 Å². The van der Waals surface area contributed by atoms with Gasteiger partial charge in [0, 0.05) is 18.9 Å². The second kappa shape index (κ2) is 13.3. The summed E-state index contributed by atoms with van der Waals surface area (Å²) in [6.07, 6.45) is 8.23. The second-order valence-corrected chi connectivity index (χ2v) is 7.19. The number of benzene rings is 1. The standard InChI is InChI=1S/C11H12N2S2.C7H8.C3H4/c1-9-4-7-14-11(9)15-13-8-10-2-5-12-6-3-10;1-7-5-3-2-4-6-7;1-3-2/h2-7,13H,8H2,1H3;2-6H,1H3;1H,2H3. The summed E-state index contributed by atoms with van der Waals surface area (Å²) in [5, 5.41) is 2.12. The molecular formula is C21H24N2S2. The number of hydrogen-bond acceptors (Lipinski definition) is 4. The molecular weight excluding hydrogens is 344 g/mol. The Labute approximate surface area is 159 Å². The number of pyridine rings is 1. The molecule has 0 spiro atoms. The number of aryl methyl sites for hydroxylation is 2. The van der Waals surface area contributed by atoms with Crippen LogP contribution in [-0.4, -0.2) is 4.98 Å². The molecule has 0 aliphatic heterocycles. The highest BCUT2D eigenvalue weighted by atomic mass is 32.2. The maximum atomic E-state index is 4.60. The lowest BCUT2D eigenvalue weighted by molar-refractivity contribution is 0.970. The minimum atomic E-state index is 0.866. The molecule has 0 aliphatic carbocycles. The predicted molar refractivity (Wildman–Crippen MR) is 112 cm³/mol. The zero-order valence-electron chi connectivity index (χ0n) is 14.9. The average Bonchev–Trinajstić information content (AvgIpc) is 3.03. The van der Waals surface area contributed by atoms with Gasteiger partial charge in [-0.3, -0.25) is 9.71 Å². The fraction of sp³-hybridized carbons (Fsp3) is 0.190. The van der Waals surface area contributed by atoms with Crippen LogP contribution in [-0.2, 0) is 6.54 Å². The summed E-state index contributed by atoms with van der Waals surface area (Å²) < 4.78 is 4.68. The molecule has 25 heavy (non-hydrogen) atoms. The predicted octanol–water partition coefficient (Wildman–Crippen LogP) is 5.88. The Bertz CT molecular complexity index is 731. The Kier molecular flexibility index (Phi) is 11.1. The molecule has 0 fully saturated rings. The van der Waals surface area contributed by atoms with Crippen LogP contribution in [0.2, 0.25) is 0 Å². The maximum Gasteiger partial charge on any atom is 0.0780 e. The normalized spacial score (nSPS) is 9.04. The zero-order valence-corrected chi connectivity index (χ0v) is 16.5. The highest BCUT2D eigenvalue weighted by Gasteiger charge is 1.99. The monoisotopic (exact) mass is 368 g/mol. The molecule has 3 rings (SSSR count). The van der Waals surface area contributed by atoms with E-state index in [0.29, 0.717) is 0 Å². The van der Waals surface area contributed by atoms with Crippen LogP contribution in [0.1, 0.15) is 23.6 Å². The van der Waals surface area contributed by atoms with Gasteiger partial charge in [0.25, 0.3) is 0 Å². The van der Waals surface area contributed by atoms with Gasteiger partial charge in [-0.1, -0.05) is 35.9 Å². The number of nitrogens with zero attached hydrogens (tertiary/aromatic N) is 1. The summed E-state index contributed by atoms with van der Waals surface area (Å²) in [6.45, 7) is 6.73. The third-order valence-electron chi connectivity index (χ3n) is 2.95. The zero-order chi connectivity index (χ0) is 18.3. The number of rotatable bonds is 4. The summed E-state index contributed by atoms with van der Waals surface area (Å²) in [6, 6.07) is 16.4. The number of nitrogens with one attached hydrogen (secondary N) is 1. The van der Waals surface area contributed by atoms with E-state index in [4.69, 9.17) is 0 Å². The van der Waals surface area contributed by atoms with Crippen LogP contribution in [0.3, 0.4) is 0 Å². The highest BCUT2D eigenvalue weighted by molar-refractivity contribution is 7.99. The number of thiophene rings is 1. The molecule has 0 atom stereocenters. The summed E-state index contributed by atoms with van der Waals surface area (Å²) in [4.78, 5) is 3.98. The van der Waals surface area contributed by atoms with Gasteiger partial charge in [0.2, 0.25) is 0 Å². The van der Waals surface area contributed by atoms with E-state index >= 15 is 0 Å². The minimum absolute atomic E-state index is 0.866. The Morgan fingerprint density at radius 1 is 1.08 bits per heavy atom. The molecule has 0 unspecified atom stereocenters. The van der Waals surface area contributed by atoms with Gasteiger partial charge < -0.3 is 0 Å². The molecule has 0 bridgehead atoms. The van der Waals surface area contributed by atoms with Crippen molar-refractivity contribution in [1.82, 2.24) is 9.71 Å². The SMILES string of the molecule is C#CC.Cc1ccccc1.Cc1ccsc1SNCc1ccncc1. The van der Waals surface area contributed by atoms with Crippen LogP contribution in [0.25, 0.3) is 0 Å². The summed E-state index contributed by atoms with van der Waals surface area (Å²) >= 11 is 3.47. The van der Waals surface area contributed by atoms with Crippen molar-refractivity contribution in [3.8, 4) is 12.3 Å². The molecule has 2 nitrogen and oxygen atoms in total. The smallest absolute Gasteiger partial charge is 0.0780 e. The number of hydrogen-bond donors (Lipinski definition) is 1. The lowest BCUT2D eigenvalue weighted by Gasteiger charge is -2.02. The van der Waals surface area contributed by atoms with Gasteiger partial charge in [-0.15, -0.1) is 23.7 Å². The first-order valence-electron chi connectivity index (χ1n) is 7.89. The van der Waals surface area contributed by atoms with E-state index < -0.39 is 0 Å². The van der Waals surface area contributed by atoms with Crippen LogP contribution < -0.4 is 4.72 Å².